The van der Waals surface area contributed by atoms with Crippen LogP contribution in [-0.4, -0.2) is 47.8 Å². The quantitative estimate of drug-likeness (QED) is 0.277. The van der Waals surface area contributed by atoms with E-state index in [0.29, 0.717) is 17.5 Å². The SMILES string of the molecule is COC(=O)C1(Cc2ccc(O)c(CC=C(C)C)c2)OC(=O)C(O)=C1c1ccc(OS(=O)(=O)O)cc1. The van der Waals surface area contributed by atoms with Crippen LogP contribution in [0.15, 0.2) is 59.9 Å². The molecule has 1 heterocycles. The maximum atomic E-state index is 13.0. The number of allylic oxidation sites excluding steroid dienone is 2. The maximum Gasteiger partial charge on any atom is 0.446 e. The number of methoxy groups -OCH3 is 1. The van der Waals surface area contributed by atoms with E-state index in [4.69, 9.17) is 14.0 Å². The fraction of sp³-hybridized carbons (Fsp3) is 0.250. The van der Waals surface area contributed by atoms with Gasteiger partial charge in [0.25, 0.3) is 0 Å². The molecular formula is C24H24O10S. The number of carbonyl (C=O) groups is 2. The number of aliphatic hydroxyl groups excluding tert-OH is 1. The predicted octanol–water partition coefficient (Wildman–Crippen LogP) is 3.06. The molecule has 35 heavy (non-hydrogen) atoms. The topological polar surface area (TPSA) is 157 Å². The van der Waals surface area contributed by atoms with Crippen molar-refractivity contribution in [3.8, 4) is 11.5 Å². The number of benzene rings is 2. The summed E-state index contributed by atoms with van der Waals surface area (Å²) in [5, 5.41) is 20.8. The normalized spacial score (nSPS) is 17.7. The first kappa shape index (κ1) is 25.8. The van der Waals surface area contributed by atoms with E-state index >= 15 is 0 Å². The van der Waals surface area contributed by atoms with Crippen molar-refractivity contribution < 1.29 is 46.4 Å². The molecule has 10 nitrogen and oxygen atoms in total. The van der Waals surface area contributed by atoms with Crippen LogP contribution in [0.5, 0.6) is 11.5 Å². The van der Waals surface area contributed by atoms with Crippen LogP contribution in [0.1, 0.15) is 30.5 Å². The summed E-state index contributed by atoms with van der Waals surface area (Å²) >= 11 is 0. The average molecular weight is 505 g/mol. The first-order chi connectivity index (χ1) is 16.4. The largest absolute Gasteiger partial charge is 0.508 e. The molecular weight excluding hydrogens is 480 g/mol. The van der Waals surface area contributed by atoms with Crippen molar-refractivity contribution in [3.63, 3.8) is 0 Å². The highest BCUT2D eigenvalue weighted by atomic mass is 32.3. The Morgan fingerprint density at radius 3 is 2.34 bits per heavy atom. The van der Waals surface area contributed by atoms with Gasteiger partial charge in [0.15, 0.2) is 0 Å². The molecule has 1 unspecified atom stereocenters. The van der Waals surface area contributed by atoms with E-state index in [2.05, 4.69) is 4.18 Å². The molecule has 0 spiro atoms. The number of ether oxygens (including phenoxy) is 2. The standard InChI is InChI=1S/C24H24O10S/c1-14(2)4-6-17-12-15(5-11-19(17)25)13-24(23(28)32-3)20(21(26)22(27)33-24)16-7-9-18(10-8-16)34-35(29,30)31/h4-5,7-12,25-26H,6,13H2,1-3H3,(H,29,30,31). The van der Waals surface area contributed by atoms with Crippen molar-refractivity contribution in [1.29, 1.82) is 0 Å². The average Bonchev–Trinajstić information content (AvgIpc) is 3.03. The minimum absolute atomic E-state index is 0.0508. The number of rotatable bonds is 8. The zero-order chi connectivity index (χ0) is 26.0. The van der Waals surface area contributed by atoms with Crippen LogP contribution in [0.3, 0.4) is 0 Å². The van der Waals surface area contributed by atoms with Gasteiger partial charge in [-0.15, -0.1) is 0 Å². The van der Waals surface area contributed by atoms with Crippen molar-refractivity contribution in [2.24, 2.45) is 0 Å². The lowest BCUT2D eigenvalue weighted by Crippen LogP contribution is -2.44. The molecule has 0 radical (unpaired) electrons. The van der Waals surface area contributed by atoms with Crippen molar-refractivity contribution in [2.45, 2.75) is 32.3 Å². The summed E-state index contributed by atoms with van der Waals surface area (Å²) in [6.07, 6.45) is 2.12. The summed E-state index contributed by atoms with van der Waals surface area (Å²) in [4.78, 5) is 25.4. The number of phenols is 1. The molecule has 0 saturated heterocycles. The van der Waals surface area contributed by atoms with Gasteiger partial charge in [-0.1, -0.05) is 35.9 Å². The molecule has 2 aromatic carbocycles. The van der Waals surface area contributed by atoms with Crippen molar-refractivity contribution in [2.75, 3.05) is 7.11 Å². The third-order valence-corrected chi connectivity index (χ3v) is 5.69. The molecule has 2 aromatic rings. The lowest BCUT2D eigenvalue weighted by Gasteiger charge is -2.28. The van der Waals surface area contributed by atoms with Crippen molar-refractivity contribution in [1.82, 2.24) is 0 Å². The summed E-state index contributed by atoms with van der Waals surface area (Å²) in [7, 11) is -3.66. The lowest BCUT2D eigenvalue weighted by molar-refractivity contribution is -0.169. The molecule has 1 aliphatic heterocycles. The molecule has 11 heteroatoms. The minimum atomic E-state index is -4.77. The van der Waals surface area contributed by atoms with Gasteiger partial charge in [-0.25, -0.2) is 9.59 Å². The van der Waals surface area contributed by atoms with Gasteiger partial charge >= 0.3 is 22.3 Å². The molecule has 0 bridgehead atoms. The third kappa shape index (κ3) is 5.64. The number of aliphatic hydroxyl groups is 1. The molecule has 0 fully saturated rings. The highest BCUT2D eigenvalue weighted by Gasteiger charge is 2.55. The third-order valence-electron chi connectivity index (χ3n) is 5.29. The fourth-order valence-corrected chi connectivity index (χ4v) is 4.09. The Hall–Kier alpha value is -3.83. The van der Waals surface area contributed by atoms with Crippen LogP contribution in [0.2, 0.25) is 0 Å². The van der Waals surface area contributed by atoms with E-state index in [0.717, 1.165) is 24.8 Å². The van der Waals surface area contributed by atoms with Gasteiger partial charge in [-0.2, -0.15) is 8.42 Å². The molecule has 0 aliphatic carbocycles. The van der Waals surface area contributed by atoms with E-state index in [1.54, 1.807) is 12.1 Å². The van der Waals surface area contributed by atoms with Crippen LogP contribution in [0, 0.1) is 0 Å². The van der Waals surface area contributed by atoms with E-state index in [-0.39, 0.29) is 29.1 Å². The molecule has 3 N–H and O–H groups in total. The van der Waals surface area contributed by atoms with Crippen LogP contribution in [0.4, 0.5) is 0 Å². The number of esters is 2. The lowest BCUT2D eigenvalue weighted by atomic mass is 9.83. The zero-order valence-electron chi connectivity index (χ0n) is 19.1. The number of hydrogen-bond acceptors (Lipinski definition) is 9. The second-order valence-corrected chi connectivity index (χ2v) is 9.11. The summed E-state index contributed by atoms with van der Waals surface area (Å²) in [6.45, 7) is 3.83. The van der Waals surface area contributed by atoms with E-state index in [9.17, 15) is 28.2 Å². The highest BCUT2D eigenvalue weighted by Crippen LogP contribution is 2.43. The van der Waals surface area contributed by atoms with Crippen LogP contribution in [-0.2, 0) is 42.3 Å². The van der Waals surface area contributed by atoms with Gasteiger partial charge in [-0.05, 0) is 55.2 Å². The first-order valence-electron chi connectivity index (χ1n) is 10.3. The summed E-state index contributed by atoms with van der Waals surface area (Å²) < 4.78 is 45.4. The molecule has 0 amide bonds. The molecule has 186 valence electrons. The minimum Gasteiger partial charge on any atom is -0.508 e. The zero-order valence-corrected chi connectivity index (χ0v) is 20.0. The van der Waals surface area contributed by atoms with Crippen LogP contribution < -0.4 is 4.18 Å². The van der Waals surface area contributed by atoms with Gasteiger partial charge in [-0.3, -0.25) is 4.55 Å². The van der Waals surface area contributed by atoms with Gasteiger partial charge < -0.3 is 23.9 Å². The van der Waals surface area contributed by atoms with Crippen molar-refractivity contribution >= 4 is 27.9 Å². The summed E-state index contributed by atoms with van der Waals surface area (Å²) in [5.74, 6) is -3.11. The molecule has 3 rings (SSSR count). The van der Waals surface area contributed by atoms with E-state index < -0.39 is 33.7 Å². The molecule has 0 aromatic heterocycles. The van der Waals surface area contributed by atoms with Gasteiger partial charge in [0.05, 0.1) is 12.7 Å². The smallest absolute Gasteiger partial charge is 0.446 e. The van der Waals surface area contributed by atoms with Gasteiger partial charge in [0.2, 0.25) is 11.4 Å². The second kappa shape index (κ2) is 9.80. The summed E-state index contributed by atoms with van der Waals surface area (Å²) in [5.41, 5.74) is 0.0245. The second-order valence-electron chi connectivity index (χ2n) is 8.09. The Morgan fingerprint density at radius 1 is 1.11 bits per heavy atom. The Labute approximate surface area is 202 Å². The van der Waals surface area contributed by atoms with Crippen LogP contribution >= 0.6 is 0 Å². The number of aromatic hydroxyl groups is 1. The molecule has 1 atom stereocenters. The maximum absolute atomic E-state index is 13.0. The Bertz CT molecular complexity index is 1320. The number of phenolic OH excluding ortho intramolecular Hbond substituents is 1. The fourth-order valence-electron chi connectivity index (χ4n) is 3.74. The van der Waals surface area contributed by atoms with Crippen LogP contribution in [0.25, 0.3) is 5.57 Å². The van der Waals surface area contributed by atoms with E-state index in [1.807, 2.05) is 19.9 Å². The van der Waals surface area contributed by atoms with Crippen molar-refractivity contribution in [3.05, 3.63) is 76.6 Å². The predicted molar refractivity (Wildman–Crippen MR) is 124 cm³/mol. The van der Waals surface area contributed by atoms with E-state index in [1.165, 1.54) is 18.2 Å². The summed E-state index contributed by atoms with van der Waals surface area (Å²) in [6, 6.07) is 9.54. The number of cyclic esters (lactones) is 1. The monoisotopic (exact) mass is 504 g/mol. The van der Waals surface area contributed by atoms with Gasteiger partial charge in [0.1, 0.15) is 11.5 Å². The highest BCUT2D eigenvalue weighted by molar-refractivity contribution is 7.81. The number of carbonyl (C=O) groups excluding carboxylic acids is 2. The first-order valence-corrected chi connectivity index (χ1v) is 11.7. The molecule has 0 saturated carbocycles. The van der Waals surface area contributed by atoms with Gasteiger partial charge in [0, 0.05) is 6.42 Å². The number of hydrogen-bond donors (Lipinski definition) is 3. The molecule has 1 aliphatic rings. The Morgan fingerprint density at radius 2 is 1.77 bits per heavy atom. The Kier molecular flexibility index (Phi) is 7.22. The Balaban J connectivity index is 2.08.